The molecule has 0 unspecified atom stereocenters. The number of hydrogen-bond acceptors (Lipinski definition) is 3. The number of hydrogen-bond donors (Lipinski definition) is 0. The number of benzene rings is 9. The van der Waals surface area contributed by atoms with E-state index >= 15 is 0 Å². The van der Waals surface area contributed by atoms with Gasteiger partial charge in [-0.1, -0.05) is 158 Å². The number of rotatable bonds is 5. The number of furan rings is 1. The Hall–Kier alpha value is -7.36. The first-order chi connectivity index (χ1) is 27.2. The van der Waals surface area contributed by atoms with Gasteiger partial charge in [0.1, 0.15) is 11.3 Å². The minimum atomic E-state index is 0.664. The fourth-order valence-corrected chi connectivity index (χ4v) is 8.09. The SMILES string of the molecule is c1ccc(-c2nc(-c3ccc4cc(-c5ccc(-c6c7ccccc7cc7c6ccc6ccccc67)cc5)ccc4c3)cc(-c3cc4ccccc4o3)n2)cc1. The predicted octanol–water partition coefficient (Wildman–Crippen LogP) is 14.2. The molecule has 11 aromatic rings. The second-order valence-corrected chi connectivity index (χ2v) is 14.2. The van der Waals surface area contributed by atoms with Crippen molar-refractivity contribution in [1.82, 2.24) is 9.97 Å². The molecule has 0 fully saturated rings. The average molecular weight is 701 g/mol. The van der Waals surface area contributed by atoms with E-state index in [4.69, 9.17) is 14.4 Å². The molecule has 0 amide bonds. The fourth-order valence-electron chi connectivity index (χ4n) is 8.09. The van der Waals surface area contributed by atoms with Gasteiger partial charge in [-0.2, -0.15) is 0 Å². The molecule has 0 aliphatic carbocycles. The molecule has 3 heteroatoms. The monoisotopic (exact) mass is 700 g/mol. The molecule has 0 aliphatic heterocycles. The summed E-state index contributed by atoms with van der Waals surface area (Å²) in [4.78, 5) is 10.0. The Morgan fingerprint density at radius 1 is 0.309 bits per heavy atom. The Morgan fingerprint density at radius 3 is 1.75 bits per heavy atom. The lowest BCUT2D eigenvalue weighted by Crippen LogP contribution is -1.95. The molecule has 0 bridgehead atoms. The highest BCUT2D eigenvalue weighted by molar-refractivity contribution is 6.20. The quantitative estimate of drug-likeness (QED) is 0.133. The van der Waals surface area contributed by atoms with Gasteiger partial charge in [-0.25, -0.2) is 9.97 Å². The van der Waals surface area contributed by atoms with Gasteiger partial charge in [0.25, 0.3) is 0 Å². The summed E-state index contributed by atoms with van der Waals surface area (Å²) in [6.07, 6.45) is 0. The molecule has 0 radical (unpaired) electrons. The Balaban J connectivity index is 0.964. The zero-order valence-electron chi connectivity index (χ0n) is 29.8. The first-order valence-corrected chi connectivity index (χ1v) is 18.6. The lowest BCUT2D eigenvalue weighted by Gasteiger charge is -2.14. The van der Waals surface area contributed by atoms with Crippen molar-refractivity contribution >= 4 is 54.1 Å². The van der Waals surface area contributed by atoms with E-state index in [0.717, 1.165) is 44.6 Å². The minimum absolute atomic E-state index is 0.664. The van der Waals surface area contributed by atoms with Crippen molar-refractivity contribution in [2.75, 3.05) is 0 Å². The first kappa shape index (κ1) is 31.2. The molecule has 11 rings (SSSR count). The van der Waals surface area contributed by atoms with Crippen molar-refractivity contribution in [3.8, 4) is 56.4 Å². The van der Waals surface area contributed by atoms with Crippen molar-refractivity contribution in [2.45, 2.75) is 0 Å². The molecule has 256 valence electrons. The smallest absolute Gasteiger partial charge is 0.160 e. The molecule has 0 spiro atoms. The van der Waals surface area contributed by atoms with Crippen LogP contribution < -0.4 is 0 Å². The van der Waals surface area contributed by atoms with Gasteiger partial charge in [0, 0.05) is 16.5 Å². The van der Waals surface area contributed by atoms with Gasteiger partial charge >= 0.3 is 0 Å². The van der Waals surface area contributed by atoms with E-state index in [1.807, 2.05) is 54.6 Å². The average Bonchev–Trinajstić information content (AvgIpc) is 3.70. The zero-order valence-corrected chi connectivity index (χ0v) is 29.8. The summed E-state index contributed by atoms with van der Waals surface area (Å²) in [5.74, 6) is 1.39. The van der Waals surface area contributed by atoms with E-state index in [9.17, 15) is 0 Å². The molecule has 0 atom stereocenters. The van der Waals surface area contributed by atoms with E-state index in [1.165, 1.54) is 60.0 Å². The van der Waals surface area contributed by atoms with E-state index < -0.39 is 0 Å². The van der Waals surface area contributed by atoms with Crippen LogP contribution in [0.4, 0.5) is 0 Å². The summed E-state index contributed by atoms with van der Waals surface area (Å²) in [5.41, 5.74) is 9.28. The van der Waals surface area contributed by atoms with Gasteiger partial charge in [-0.05, 0) is 102 Å². The Kier molecular flexibility index (Phi) is 7.17. The van der Waals surface area contributed by atoms with Crippen molar-refractivity contribution in [3.63, 3.8) is 0 Å². The molecular weight excluding hydrogens is 669 g/mol. The van der Waals surface area contributed by atoms with E-state index in [0.29, 0.717) is 5.82 Å². The maximum atomic E-state index is 6.26. The standard InChI is InChI=1S/C52H32N2O/c1-2-11-36(12-3-1)52-53-47(32-48(54-52)50-31-42-14-6-9-17-49(42)55-50)41-25-24-38-28-37(22-23-39(38)29-41)33-18-20-35(21-19-33)51-44-16-8-5-13-40(44)30-46-43-15-7-4-10-34(43)26-27-45(46)51/h1-32H. The van der Waals surface area contributed by atoms with Crippen molar-refractivity contribution in [2.24, 2.45) is 0 Å². The highest BCUT2D eigenvalue weighted by atomic mass is 16.3. The Bertz CT molecular complexity index is 3220. The molecule has 2 aromatic heterocycles. The molecule has 0 aliphatic rings. The molecule has 2 heterocycles. The second kappa shape index (κ2) is 12.6. The summed E-state index contributed by atoms with van der Waals surface area (Å²) in [6.45, 7) is 0. The summed E-state index contributed by atoms with van der Waals surface area (Å²) in [7, 11) is 0. The van der Waals surface area contributed by atoms with Gasteiger partial charge in [-0.3, -0.25) is 0 Å². The number of nitrogens with zero attached hydrogens (tertiary/aromatic N) is 2. The van der Waals surface area contributed by atoms with Gasteiger partial charge in [0.2, 0.25) is 0 Å². The number of para-hydroxylation sites is 1. The van der Waals surface area contributed by atoms with Gasteiger partial charge in [0.05, 0.1) is 5.69 Å². The van der Waals surface area contributed by atoms with Crippen LogP contribution in [0.3, 0.4) is 0 Å². The van der Waals surface area contributed by atoms with Crippen molar-refractivity contribution in [3.05, 3.63) is 194 Å². The normalized spacial score (nSPS) is 11.6. The second-order valence-electron chi connectivity index (χ2n) is 14.2. The lowest BCUT2D eigenvalue weighted by atomic mass is 9.89. The largest absolute Gasteiger partial charge is 0.454 e. The third-order valence-corrected chi connectivity index (χ3v) is 10.8. The molecule has 0 saturated carbocycles. The minimum Gasteiger partial charge on any atom is -0.454 e. The maximum Gasteiger partial charge on any atom is 0.160 e. The molecule has 55 heavy (non-hydrogen) atoms. The van der Waals surface area contributed by atoms with Crippen LogP contribution in [0.5, 0.6) is 0 Å². The number of aromatic nitrogens is 2. The maximum absolute atomic E-state index is 6.26. The van der Waals surface area contributed by atoms with Crippen LogP contribution in [-0.4, -0.2) is 9.97 Å². The van der Waals surface area contributed by atoms with E-state index in [1.54, 1.807) is 0 Å². The summed E-state index contributed by atoms with van der Waals surface area (Å²) < 4.78 is 6.26. The van der Waals surface area contributed by atoms with Crippen LogP contribution >= 0.6 is 0 Å². The summed E-state index contributed by atoms with van der Waals surface area (Å²) in [6, 6.07) is 68.9. The molecular formula is C52H32N2O. The topological polar surface area (TPSA) is 38.9 Å². The summed E-state index contributed by atoms with van der Waals surface area (Å²) >= 11 is 0. The zero-order chi connectivity index (χ0) is 36.3. The third-order valence-electron chi connectivity index (χ3n) is 10.8. The molecule has 9 aromatic carbocycles. The van der Waals surface area contributed by atoms with Crippen LogP contribution in [0.1, 0.15) is 0 Å². The first-order valence-electron chi connectivity index (χ1n) is 18.6. The van der Waals surface area contributed by atoms with Gasteiger partial charge in [-0.15, -0.1) is 0 Å². The Morgan fingerprint density at radius 2 is 0.927 bits per heavy atom. The van der Waals surface area contributed by atoms with Crippen molar-refractivity contribution in [1.29, 1.82) is 0 Å². The third kappa shape index (κ3) is 5.45. The Labute approximate surface area is 317 Å². The van der Waals surface area contributed by atoms with E-state index in [-0.39, 0.29) is 0 Å². The van der Waals surface area contributed by atoms with Crippen LogP contribution in [-0.2, 0) is 0 Å². The van der Waals surface area contributed by atoms with Crippen LogP contribution in [0.2, 0.25) is 0 Å². The van der Waals surface area contributed by atoms with Gasteiger partial charge < -0.3 is 4.42 Å². The molecule has 3 nitrogen and oxygen atoms in total. The predicted molar refractivity (Wildman–Crippen MR) is 229 cm³/mol. The lowest BCUT2D eigenvalue weighted by molar-refractivity contribution is 0.628. The van der Waals surface area contributed by atoms with E-state index in [2.05, 4.69) is 140 Å². The van der Waals surface area contributed by atoms with Crippen LogP contribution in [0, 0.1) is 0 Å². The number of fused-ring (bicyclic) bond motifs is 6. The van der Waals surface area contributed by atoms with Gasteiger partial charge in [0.15, 0.2) is 11.6 Å². The van der Waals surface area contributed by atoms with Crippen LogP contribution in [0.15, 0.2) is 199 Å². The molecule has 0 saturated heterocycles. The molecule has 0 N–H and O–H groups in total. The van der Waals surface area contributed by atoms with Crippen molar-refractivity contribution < 1.29 is 4.42 Å². The fraction of sp³-hybridized carbons (Fsp3) is 0. The van der Waals surface area contributed by atoms with Crippen LogP contribution in [0.25, 0.3) is 110 Å². The highest BCUT2D eigenvalue weighted by Crippen LogP contribution is 2.40. The summed E-state index contributed by atoms with van der Waals surface area (Å²) in [5, 5.41) is 11.0. The highest BCUT2D eigenvalue weighted by Gasteiger charge is 2.16.